The van der Waals surface area contributed by atoms with E-state index in [9.17, 15) is 4.79 Å². The van der Waals surface area contributed by atoms with Crippen molar-refractivity contribution < 1.29 is 9.90 Å². The number of rotatable bonds is 6. The van der Waals surface area contributed by atoms with Gasteiger partial charge in [0.2, 0.25) is 5.91 Å². The number of hydrogen-bond donors (Lipinski definition) is 1. The van der Waals surface area contributed by atoms with E-state index < -0.39 is 0 Å². The standard InChI is InChI=1S/C10H15ClN2O2S/c1-2-13(3-4-14)10(15)5-9-12-8(6-11)7-16-9/h7,14H,2-6H2,1H3. The third kappa shape index (κ3) is 3.73. The normalized spacial score (nSPS) is 10.4. The van der Waals surface area contributed by atoms with E-state index >= 15 is 0 Å². The zero-order chi connectivity index (χ0) is 12.0. The number of carbonyl (C=O) groups is 1. The molecule has 0 aromatic carbocycles. The number of aliphatic hydroxyl groups is 1. The summed E-state index contributed by atoms with van der Waals surface area (Å²) >= 11 is 7.08. The van der Waals surface area contributed by atoms with E-state index in [1.54, 1.807) is 4.90 Å². The number of thiazole rings is 1. The molecule has 0 bridgehead atoms. The van der Waals surface area contributed by atoms with Crippen molar-refractivity contribution in [3.63, 3.8) is 0 Å². The lowest BCUT2D eigenvalue weighted by Crippen LogP contribution is -2.34. The lowest BCUT2D eigenvalue weighted by molar-refractivity contribution is -0.130. The van der Waals surface area contributed by atoms with Gasteiger partial charge in [-0.1, -0.05) is 0 Å². The Bertz CT molecular complexity index is 343. The van der Waals surface area contributed by atoms with Crippen molar-refractivity contribution in [3.05, 3.63) is 16.1 Å². The second-order valence-corrected chi connectivity index (χ2v) is 4.45. The summed E-state index contributed by atoms with van der Waals surface area (Å²) < 4.78 is 0. The minimum Gasteiger partial charge on any atom is -0.395 e. The van der Waals surface area contributed by atoms with Gasteiger partial charge in [-0.05, 0) is 6.92 Å². The highest BCUT2D eigenvalue weighted by Crippen LogP contribution is 2.13. The Labute approximate surface area is 104 Å². The fourth-order valence-corrected chi connectivity index (χ4v) is 2.33. The van der Waals surface area contributed by atoms with Crippen LogP contribution in [0.3, 0.4) is 0 Å². The SMILES string of the molecule is CCN(CCO)C(=O)Cc1nc(CCl)cs1. The fraction of sp³-hybridized carbons (Fsp3) is 0.600. The van der Waals surface area contributed by atoms with Crippen LogP contribution in [0.1, 0.15) is 17.6 Å². The molecular weight excluding hydrogens is 248 g/mol. The summed E-state index contributed by atoms with van der Waals surface area (Å²) in [6, 6.07) is 0. The predicted molar refractivity (Wildman–Crippen MR) is 64.7 cm³/mol. The van der Waals surface area contributed by atoms with Crippen LogP contribution < -0.4 is 0 Å². The second kappa shape index (κ2) is 6.83. The smallest absolute Gasteiger partial charge is 0.229 e. The van der Waals surface area contributed by atoms with Crippen LogP contribution in [0.2, 0.25) is 0 Å². The molecule has 0 fully saturated rings. The first-order chi connectivity index (χ1) is 7.71. The third-order valence-electron chi connectivity index (χ3n) is 2.14. The van der Waals surface area contributed by atoms with Gasteiger partial charge >= 0.3 is 0 Å². The molecule has 6 heteroatoms. The first kappa shape index (κ1) is 13.4. The van der Waals surface area contributed by atoms with Gasteiger partial charge in [0, 0.05) is 18.5 Å². The van der Waals surface area contributed by atoms with Gasteiger partial charge in [-0.2, -0.15) is 0 Å². The van der Waals surface area contributed by atoms with Gasteiger partial charge in [-0.25, -0.2) is 4.98 Å². The molecule has 0 saturated carbocycles. The van der Waals surface area contributed by atoms with Gasteiger partial charge in [-0.3, -0.25) is 4.79 Å². The summed E-state index contributed by atoms with van der Waals surface area (Å²) in [6.07, 6.45) is 0.287. The van der Waals surface area contributed by atoms with Gasteiger partial charge in [0.1, 0.15) is 5.01 Å². The van der Waals surface area contributed by atoms with Crippen molar-refractivity contribution in [3.8, 4) is 0 Å². The van der Waals surface area contributed by atoms with Gasteiger partial charge in [0.25, 0.3) is 0 Å². The van der Waals surface area contributed by atoms with E-state index in [4.69, 9.17) is 16.7 Å². The molecule has 0 aliphatic rings. The maximum absolute atomic E-state index is 11.8. The predicted octanol–water partition coefficient (Wildman–Crippen LogP) is 1.27. The number of halogens is 1. The van der Waals surface area contributed by atoms with Gasteiger partial charge in [0.15, 0.2) is 0 Å². The minimum atomic E-state index is -0.00954. The Morgan fingerprint density at radius 2 is 2.44 bits per heavy atom. The quantitative estimate of drug-likeness (QED) is 0.786. The summed E-state index contributed by atoms with van der Waals surface area (Å²) in [5, 5.41) is 11.4. The summed E-state index contributed by atoms with van der Waals surface area (Å²) in [7, 11) is 0. The highest BCUT2D eigenvalue weighted by molar-refractivity contribution is 7.09. The lowest BCUT2D eigenvalue weighted by Gasteiger charge is -2.18. The maximum atomic E-state index is 11.8. The Hall–Kier alpha value is -0.650. The van der Waals surface area contributed by atoms with Crippen LogP contribution >= 0.6 is 22.9 Å². The number of aromatic nitrogens is 1. The molecule has 0 aliphatic heterocycles. The number of hydrogen-bond acceptors (Lipinski definition) is 4. The Kier molecular flexibility index (Phi) is 5.73. The fourth-order valence-electron chi connectivity index (χ4n) is 1.31. The number of alkyl halides is 1. The molecule has 1 aromatic heterocycles. The zero-order valence-electron chi connectivity index (χ0n) is 9.15. The molecule has 4 nitrogen and oxygen atoms in total. The van der Waals surface area contributed by atoms with Crippen LogP contribution in [-0.2, 0) is 17.1 Å². The van der Waals surface area contributed by atoms with Crippen LogP contribution in [0.25, 0.3) is 0 Å². The van der Waals surface area contributed by atoms with Crippen molar-refractivity contribution in [2.24, 2.45) is 0 Å². The largest absolute Gasteiger partial charge is 0.395 e. The molecule has 0 unspecified atom stereocenters. The average Bonchev–Trinajstić information content (AvgIpc) is 2.73. The summed E-state index contributed by atoms with van der Waals surface area (Å²) in [5.41, 5.74) is 0.805. The molecule has 1 N–H and O–H groups in total. The first-order valence-electron chi connectivity index (χ1n) is 5.09. The molecule has 16 heavy (non-hydrogen) atoms. The molecule has 90 valence electrons. The minimum absolute atomic E-state index is 0.00739. The van der Waals surface area contributed by atoms with Crippen LogP contribution in [0.4, 0.5) is 0 Å². The van der Waals surface area contributed by atoms with Gasteiger partial charge in [0.05, 0.1) is 24.6 Å². The third-order valence-corrected chi connectivity index (χ3v) is 3.31. The number of aliphatic hydroxyl groups excluding tert-OH is 1. The number of nitrogens with zero attached hydrogens (tertiary/aromatic N) is 2. The highest BCUT2D eigenvalue weighted by atomic mass is 35.5. The van der Waals surface area contributed by atoms with E-state index in [2.05, 4.69) is 4.98 Å². The molecule has 0 saturated heterocycles. The average molecular weight is 263 g/mol. The van der Waals surface area contributed by atoms with Crippen LogP contribution in [0.5, 0.6) is 0 Å². The Morgan fingerprint density at radius 3 is 2.94 bits per heavy atom. The van der Waals surface area contributed by atoms with E-state index in [0.717, 1.165) is 10.7 Å². The number of carbonyl (C=O) groups excluding carboxylic acids is 1. The van der Waals surface area contributed by atoms with Crippen LogP contribution in [0, 0.1) is 0 Å². The zero-order valence-corrected chi connectivity index (χ0v) is 10.7. The molecule has 0 spiro atoms. The molecule has 1 aromatic rings. The molecule has 1 rings (SSSR count). The van der Waals surface area contributed by atoms with Crippen LogP contribution in [-0.4, -0.2) is 40.6 Å². The lowest BCUT2D eigenvalue weighted by atomic mass is 10.3. The summed E-state index contributed by atoms with van der Waals surface area (Å²) in [4.78, 5) is 17.6. The van der Waals surface area contributed by atoms with Gasteiger partial charge < -0.3 is 10.0 Å². The summed E-state index contributed by atoms with van der Waals surface area (Å²) in [6.45, 7) is 2.86. The molecule has 1 heterocycles. The van der Waals surface area contributed by atoms with E-state index in [1.165, 1.54) is 11.3 Å². The van der Waals surface area contributed by atoms with Crippen LogP contribution in [0.15, 0.2) is 5.38 Å². The van der Waals surface area contributed by atoms with E-state index in [0.29, 0.717) is 19.0 Å². The first-order valence-corrected chi connectivity index (χ1v) is 6.50. The Morgan fingerprint density at radius 1 is 1.69 bits per heavy atom. The van der Waals surface area contributed by atoms with E-state index in [-0.39, 0.29) is 18.9 Å². The summed E-state index contributed by atoms with van der Waals surface area (Å²) in [5.74, 6) is 0.366. The molecular formula is C10H15ClN2O2S. The molecule has 0 aliphatic carbocycles. The van der Waals surface area contributed by atoms with Crippen molar-refractivity contribution in [1.29, 1.82) is 0 Å². The molecule has 1 amide bonds. The topological polar surface area (TPSA) is 53.4 Å². The molecule has 0 radical (unpaired) electrons. The molecule has 0 atom stereocenters. The highest BCUT2D eigenvalue weighted by Gasteiger charge is 2.13. The van der Waals surface area contributed by atoms with E-state index in [1.807, 2.05) is 12.3 Å². The van der Waals surface area contributed by atoms with Crippen molar-refractivity contribution in [1.82, 2.24) is 9.88 Å². The van der Waals surface area contributed by atoms with Gasteiger partial charge in [-0.15, -0.1) is 22.9 Å². The van der Waals surface area contributed by atoms with Crippen molar-refractivity contribution in [2.75, 3.05) is 19.7 Å². The Balaban J connectivity index is 2.55. The number of amides is 1. The van der Waals surface area contributed by atoms with Crippen molar-refractivity contribution >= 4 is 28.8 Å². The monoisotopic (exact) mass is 262 g/mol. The maximum Gasteiger partial charge on any atom is 0.229 e. The number of likely N-dealkylation sites (N-methyl/N-ethyl adjacent to an activating group) is 1. The second-order valence-electron chi connectivity index (χ2n) is 3.24. The van der Waals surface area contributed by atoms with Crippen molar-refractivity contribution in [2.45, 2.75) is 19.2 Å².